The largest absolute Gasteiger partial charge is 0.444 e. The summed E-state index contributed by atoms with van der Waals surface area (Å²) in [6.07, 6.45) is 0.919. The van der Waals surface area contributed by atoms with Gasteiger partial charge in [-0.1, -0.05) is 6.07 Å². The lowest BCUT2D eigenvalue weighted by Crippen LogP contribution is -2.35. The van der Waals surface area contributed by atoms with Crippen molar-refractivity contribution in [2.45, 2.75) is 26.4 Å². The summed E-state index contributed by atoms with van der Waals surface area (Å²) in [5.74, 6) is -0.253. The van der Waals surface area contributed by atoms with Gasteiger partial charge in [-0.15, -0.1) is 0 Å². The zero-order valence-electron chi connectivity index (χ0n) is 10.2. The molecular weight excluding hydrogens is 220 g/mol. The Balaban J connectivity index is 2.42. The maximum Gasteiger partial charge on any atom is 0.408 e. The molecule has 0 bridgehead atoms. The first-order chi connectivity index (χ1) is 7.88. The number of hydrogen-bond acceptors (Lipinski definition) is 4. The Bertz CT molecular complexity index is 396. The number of rotatable bonds is 3. The summed E-state index contributed by atoms with van der Waals surface area (Å²) in [5, 5.41) is 2.39. The Morgan fingerprint density at radius 3 is 2.59 bits per heavy atom. The van der Waals surface area contributed by atoms with E-state index in [1.807, 2.05) is 0 Å². The molecule has 1 rings (SSSR count). The fourth-order valence-electron chi connectivity index (χ4n) is 1.08. The molecule has 1 aromatic rings. The van der Waals surface area contributed by atoms with Crippen LogP contribution in [-0.2, 0) is 4.74 Å². The number of ketones is 1. The van der Waals surface area contributed by atoms with E-state index in [0.717, 1.165) is 0 Å². The summed E-state index contributed by atoms with van der Waals surface area (Å²) in [4.78, 5) is 26.8. The van der Waals surface area contributed by atoms with Crippen molar-refractivity contribution < 1.29 is 14.3 Å². The minimum absolute atomic E-state index is 0.119. The number of carbonyl (C=O) groups excluding carboxylic acids is 2. The molecule has 0 radical (unpaired) electrons. The van der Waals surface area contributed by atoms with E-state index in [9.17, 15) is 9.59 Å². The van der Waals surface area contributed by atoms with Crippen molar-refractivity contribution in [1.82, 2.24) is 10.3 Å². The molecule has 92 valence electrons. The van der Waals surface area contributed by atoms with E-state index < -0.39 is 11.7 Å². The van der Waals surface area contributed by atoms with Gasteiger partial charge in [0.25, 0.3) is 0 Å². The summed E-state index contributed by atoms with van der Waals surface area (Å²) in [5.41, 5.74) is -0.249. The monoisotopic (exact) mass is 236 g/mol. The molecule has 0 aliphatic heterocycles. The Labute approximate surface area is 100 Å². The van der Waals surface area contributed by atoms with Gasteiger partial charge in [0.1, 0.15) is 11.3 Å². The molecule has 0 saturated carbocycles. The number of nitrogens with one attached hydrogen (secondary N) is 1. The number of carbonyl (C=O) groups is 2. The van der Waals surface area contributed by atoms with Crippen LogP contribution < -0.4 is 5.32 Å². The Hall–Kier alpha value is -1.91. The topological polar surface area (TPSA) is 68.3 Å². The molecule has 0 aliphatic rings. The molecule has 1 N–H and O–H groups in total. The molecule has 0 spiro atoms. The first-order valence-corrected chi connectivity index (χ1v) is 5.29. The summed E-state index contributed by atoms with van der Waals surface area (Å²) < 4.78 is 5.00. The molecule has 1 amide bonds. The number of nitrogens with zero attached hydrogens (tertiary/aromatic N) is 1. The Kier molecular flexibility index (Phi) is 4.20. The van der Waals surface area contributed by atoms with Crippen molar-refractivity contribution in [2.75, 3.05) is 6.54 Å². The van der Waals surface area contributed by atoms with E-state index in [2.05, 4.69) is 10.3 Å². The van der Waals surface area contributed by atoms with Crippen LogP contribution in [0.15, 0.2) is 24.4 Å². The molecule has 5 nitrogen and oxygen atoms in total. The van der Waals surface area contributed by atoms with E-state index in [0.29, 0.717) is 5.69 Å². The number of amides is 1. The third kappa shape index (κ3) is 5.10. The van der Waals surface area contributed by atoms with E-state index in [1.54, 1.807) is 39.0 Å². The molecule has 0 saturated heterocycles. The van der Waals surface area contributed by atoms with Crippen molar-refractivity contribution in [3.8, 4) is 0 Å². The number of pyridine rings is 1. The number of ether oxygens (including phenoxy) is 1. The zero-order valence-corrected chi connectivity index (χ0v) is 10.2. The highest BCUT2D eigenvalue weighted by Crippen LogP contribution is 2.06. The van der Waals surface area contributed by atoms with Gasteiger partial charge in [-0.3, -0.25) is 9.78 Å². The highest BCUT2D eigenvalue weighted by atomic mass is 16.6. The van der Waals surface area contributed by atoms with E-state index in [1.165, 1.54) is 6.20 Å². The van der Waals surface area contributed by atoms with Crippen LogP contribution in [0, 0.1) is 0 Å². The van der Waals surface area contributed by atoms with Gasteiger partial charge < -0.3 is 10.1 Å². The maximum absolute atomic E-state index is 11.6. The molecule has 17 heavy (non-hydrogen) atoms. The minimum atomic E-state index is -0.609. The molecule has 0 aliphatic carbocycles. The molecule has 0 fully saturated rings. The van der Waals surface area contributed by atoms with E-state index in [4.69, 9.17) is 4.74 Å². The summed E-state index contributed by atoms with van der Waals surface area (Å²) >= 11 is 0. The van der Waals surface area contributed by atoms with E-state index in [-0.39, 0.29) is 12.3 Å². The van der Waals surface area contributed by atoms with Gasteiger partial charge in [0.05, 0.1) is 6.54 Å². The molecule has 1 heterocycles. The normalized spacial score (nSPS) is 10.8. The van der Waals surface area contributed by atoms with Gasteiger partial charge in [-0.2, -0.15) is 0 Å². The van der Waals surface area contributed by atoms with Crippen LogP contribution in [-0.4, -0.2) is 29.0 Å². The lowest BCUT2D eigenvalue weighted by molar-refractivity contribution is 0.0520. The van der Waals surface area contributed by atoms with Gasteiger partial charge in [0.2, 0.25) is 0 Å². The number of hydrogen-bond donors (Lipinski definition) is 1. The molecule has 0 atom stereocenters. The first kappa shape index (κ1) is 13.2. The summed E-state index contributed by atoms with van der Waals surface area (Å²) in [6, 6.07) is 5.03. The fraction of sp³-hybridized carbons (Fsp3) is 0.417. The second-order valence-corrected chi connectivity index (χ2v) is 4.49. The van der Waals surface area contributed by atoms with Crippen molar-refractivity contribution in [3.05, 3.63) is 30.1 Å². The molecule has 0 aromatic carbocycles. The highest BCUT2D eigenvalue weighted by molar-refractivity contribution is 5.97. The zero-order chi connectivity index (χ0) is 12.9. The second kappa shape index (κ2) is 5.43. The van der Waals surface area contributed by atoms with Crippen molar-refractivity contribution in [3.63, 3.8) is 0 Å². The summed E-state index contributed by atoms with van der Waals surface area (Å²) in [6.45, 7) is 5.15. The van der Waals surface area contributed by atoms with Crippen molar-refractivity contribution >= 4 is 11.9 Å². The SMILES string of the molecule is CC(C)(C)OC(=O)NCC(=O)c1ccccn1. The van der Waals surface area contributed by atoms with Crippen molar-refractivity contribution in [1.29, 1.82) is 0 Å². The van der Waals surface area contributed by atoms with Crippen LogP contribution in [0.3, 0.4) is 0 Å². The Morgan fingerprint density at radius 1 is 1.35 bits per heavy atom. The number of Topliss-reactive ketones (excluding diaryl/α,β-unsaturated/α-hetero) is 1. The lowest BCUT2D eigenvalue weighted by atomic mass is 10.2. The van der Waals surface area contributed by atoms with E-state index >= 15 is 0 Å². The van der Waals surface area contributed by atoms with Crippen LogP contribution in [0.5, 0.6) is 0 Å². The molecule has 1 aromatic heterocycles. The predicted molar refractivity (Wildman–Crippen MR) is 62.8 cm³/mol. The van der Waals surface area contributed by atoms with Crippen molar-refractivity contribution in [2.24, 2.45) is 0 Å². The fourth-order valence-corrected chi connectivity index (χ4v) is 1.08. The smallest absolute Gasteiger partial charge is 0.408 e. The van der Waals surface area contributed by atoms with Crippen LogP contribution in [0.1, 0.15) is 31.3 Å². The minimum Gasteiger partial charge on any atom is -0.444 e. The van der Waals surface area contributed by atoms with Gasteiger partial charge in [0.15, 0.2) is 5.78 Å². The third-order valence-corrected chi connectivity index (χ3v) is 1.74. The standard InChI is InChI=1S/C12H16N2O3/c1-12(2,3)17-11(16)14-8-10(15)9-6-4-5-7-13-9/h4-7H,8H2,1-3H3,(H,14,16). The first-order valence-electron chi connectivity index (χ1n) is 5.29. The van der Waals surface area contributed by atoms with Gasteiger partial charge >= 0.3 is 6.09 Å². The third-order valence-electron chi connectivity index (χ3n) is 1.74. The van der Waals surface area contributed by atoms with Gasteiger partial charge in [0, 0.05) is 6.20 Å². The quantitative estimate of drug-likeness (QED) is 0.812. The molecule has 5 heteroatoms. The van der Waals surface area contributed by atoms with Gasteiger partial charge in [-0.05, 0) is 32.9 Å². The molecule has 0 unspecified atom stereocenters. The van der Waals surface area contributed by atoms with Crippen LogP contribution in [0.4, 0.5) is 4.79 Å². The number of aromatic nitrogens is 1. The Morgan fingerprint density at radius 2 is 2.06 bits per heavy atom. The second-order valence-electron chi connectivity index (χ2n) is 4.49. The highest BCUT2D eigenvalue weighted by Gasteiger charge is 2.17. The van der Waals surface area contributed by atoms with Crippen LogP contribution in [0.2, 0.25) is 0 Å². The lowest BCUT2D eigenvalue weighted by Gasteiger charge is -2.19. The van der Waals surface area contributed by atoms with Crippen LogP contribution in [0.25, 0.3) is 0 Å². The molecular formula is C12H16N2O3. The predicted octanol–water partition coefficient (Wildman–Crippen LogP) is 1.79. The average Bonchev–Trinajstić information content (AvgIpc) is 2.25. The average molecular weight is 236 g/mol. The summed E-state index contributed by atoms with van der Waals surface area (Å²) in [7, 11) is 0. The van der Waals surface area contributed by atoms with Crippen LogP contribution >= 0.6 is 0 Å². The van der Waals surface area contributed by atoms with Gasteiger partial charge in [-0.25, -0.2) is 4.79 Å². The maximum atomic E-state index is 11.6. The number of alkyl carbamates (subject to hydrolysis) is 1.